The molecule has 0 amide bonds. The zero-order valence-corrected chi connectivity index (χ0v) is 17.6. The van der Waals surface area contributed by atoms with Crippen LogP contribution < -0.4 is 9.41 Å². The van der Waals surface area contributed by atoms with Gasteiger partial charge in [0.05, 0.1) is 0 Å². The van der Waals surface area contributed by atoms with E-state index in [4.69, 9.17) is 0 Å². The van der Waals surface area contributed by atoms with Crippen LogP contribution in [0.15, 0.2) is 72.8 Å². The molecule has 0 nitrogen and oxygen atoms in total. The summed E-state index contributed by atoms with van der Waals surface area (Å²) in [5.74, 6) is 0. The standard InChI is InChI=1S/C13H9.C5H5.C2H7Si.2FH.Zr/c1-3-7-12-10(5-1)9-11-6-2-4-8-13(11)12;1-2-4-5-3-1;1-3-2;;;/h1-5,7-8H,9H2;1-5H;3H,1-2H3;2*1H;/q2*-1;;;;+4/p-2. The van der Waals surface area contributed by atoms with Gasteiger partial charge in [-0.2, -0.15) is 48.0 Å². The van der Waals surface area contributed by atoms with E-state index in [0.717, 1.165) is 15.9 Å². The van der Waals surface area contributed by atoms with Gasteiger partial charge in [-0.15, -0.1) is 5.56 Å². The van der Waals surface area contributed by atoms with Gasteiger partial charge in [-0.1, -0.05) is 48.5 Å². The Morgan fingerprint density at radius 1 is 0.875 bits per heavy atom. The summed E-state index contributed by atoms with van der Waals surface area (Å²) in [5, 5.41) is 0. The van der Waals surface area contributed by atoms with Gasteiger partial charge in [0.1, 0.15) is 0 Å². The van der Waals surface area contributed by atoms with E-state index in [1.54, 1.807) is 0 Å². The van der Waals surface area contributed by atoms with Gasteiger partial charge in [-0.05, 0) is 6.42 Å². The quantitative estimate of drug-likeness (QED) is 0.254. The zero-order valence-electron chi connectivity index (χ0n) is 14.0. The number of fused-ring (bicyclic) bond motifs is 3. The second kappa shape index (κ2) is 14.1. The third-order valence-corrected chi connectivity index (χ3v) is 3.17. The molecule has 123 valence electrons. The van der Waals surface area contributed by atoms with Crippen LogP contribution in [-0.4, -0.2) is 9.52 Å². The van der Waals surface area contributed by atoms with Gasteiger partial charge in [0.15, 0.2) is 0 Å². The molecule has 0 saturated carbocycles. The number of hydrogen-bond donors (Lipinski definition) is 0. The third kappa shape index (κ3) is 7.11. The fourth-order valence-electron chi connectivity index (χ4n) is 2.32. The first-order valence-electron chi connectivity index (χ1n) is 7.35. The Balaban J connectivity index is 0. The fourth-order valence-corrected chi connectivity index (χ4v) is 2.32. The van der Waals surface area contributed by atoms with E-state index in [1.807, 2.05) is 36.4 Å². The number of rotatable bonds is 0. The van der Waals surface area contributed by atoms with Crippen molar-refractivity contribution in [2.24, 2.45) is 0 Å². The molecule has 3 aromatic carbocycles. The third-order valence-electron chi connectivity index (χ3n) is 3.17. The maximum Gasteiger partial charge on any atom is 4.00 e. The molecule has 0 fully saturated rings. The average Bonchev–Trinajstić information content (AvgIpc) is 3.19. The molecule has 0 spiro atoms. The maximum absolute atomic E-state index is 3.30. The summed E-state index contributed by atoms with van der Waals surface area (Å²) >= 11 is 0. The van der Waals surface area contributed by atoms with E-state index < -0.39 is 0 Å². The van der Waals surface area contributed by atoms with Crippen LogP contribution in [0.4, 0.5) is 0 Å². The first kappa shape index (κ1) is 25.0. The van der Waals surface area contributed by atoms with Crippen LogP contribution in [0.1, 0.15) is 11.1 Å². The smallest absolute Gasteiger partial charge is 1.00 e. The van der Waals surface area contributed by atoms with E-state index in [0.29, 0.717) is 0 Å². The minimum atomic E-state index is 0. The second-order valence-corrected chi connectivity index (χ2v) is 6.09. The molecule has 0 bridgehead atoms. The Kier molecular flexibility index (Phi) is 14.7. The summed E-state index contributed by atoms with van der Waals surface area (Å²) in [6.45, 7) is 4.42. The van der Waals surface area contributed by atoms with Crippen LogP contribution in [0, 0.1) is 6.07 Å². The van der Waals surface area contributed by atoms with E-state index in [1.165, 1.54) is 22.3 Å². The first-order chi connectivity index (χ1) is 10.4. The van der Waals surface area contributed by atoms with Crippen LogP contribution in [0.3, 0.4) is 0 Å². The van der Waals surface area contributed by atoms with E-state index >= 15 is 0 Å². The van der Waals surface area contributed by atoms with Gasteiger partial charge < -0.3 is 9.41 Å². The predicted octanol–water partition coefficient (Wildman–Crippen LogP) is -1.01. The number of halogens is 2. The molecule has 3 aromatic rings. The summed E-state index contributed by atoms with van der Waals surface area (Å²) in [4.78, 5) is 0. The Labute approximate surface area is 165 Å². The number of hydrogen-bond acceptors (Lipinski definition) is 0. The Morgan fingerprint density at radius 3 is 2.04 bits per heavy atom. The SMILES string of the molecule is C[SiH]C.[F-].[F-].[Zr+4].[c-]1cccc2c1Cc1ccccc1-2.c1cc[cH-]c1. The van der Waals surface area contributed by atoms with Crippen molar-refractivity contribution >= 4 is 9.52 Å². The van der Waals surface area contributed by atoms with Crippen LogP contribution >= 0.6 is 0 Å². The maximum atomic E-state index is 3.30. The Bertz CT molecular complexity index is 594. The molecule has 1 aliphatic rings. The van der Waals surface area contributed by atoms with Crippen molar-refractivity contribution in [3.05, 3.63) is 90.0 Å². The van der Waals surface area contributed by atoms with E-state index in [2.05, 4.69) is 55.6 Å². The molecular weight excluding hydrogens is 398 g/mol. The fraction of sp³-hybridized carbons (Fsp3) is 0.150. The minimum Gasteiger partial charge on any atom is -1.00 e. The van der Waals surface area contributed by atoms with Crippen molar-refractivity contribution in [2.75, 3.05) is 0 Å². The molecule has 0 N–H and O–H groups in total. The molecule has 0 heterocycles. The predicted molar refractivity (Wildman–Crippen MR) is 94.4 cm³/mol. The van der Waals surface area contributed by atoms with Crippen molar-refractivity contribution in [1.29, 1.82) is 0 Å². The molecular formula is C20H21F2SiZr. The monoisotopic (exact) mass is 417 g/mol. The molecule has 0 atom stereocenters. The molecule has 1 aliphatic carbocycles. The molecule has 24 heavy (non-hydrogen) atoms. The van der Waals surface area contributed by atoms with Gasteiger partial charge in [0.2, 0.25) is 0 Å². The van der Waals surface area contributed by atoms with Crippen LogP contribution in [0.25, 0.3) is 11.1 Å². The van der Waals surface area contributed by atoms with Crippen LogP contribution in [0.2, 0.25) is 13.1 Å². The molecule has 4 rings (SSSR count). The van der Waals surface area contributed by atoms with Crippen molar-refractivity contribution < 1.29 is 35.6 Å². The van der Waals surface area contributed by atoms with Crippen molar-refractivity contribution in [2.45, 2.75) is 19.5 Å². The van der Waals surface area contributed by atoms with Gasteiger partial charge >= 0.3 is 26.2 Å². The van der Waals surface area contributed by atoms with Crippen LogP contribution in [0.5, 0.6) is 0 Å². The zero-order chi connectivity index (χ0) is 14.9. The minimum absolute atomic E-state index is 0. The van der Waals surface area contributed by atoms with Crippen molar-refractivity contribution in [3.8, 4) is 11.1 Å². The topological polar surface area (TPSA) is 0 Å². The molecule has 0 aliphatic heterocycles. The summed E-state index contributed by atoms with van der Waals surface area (Å²) < 4.78 is 0. The molecule has 0 saturated heterocycles. The molecule has 4 heteroatoms. The largest absolute Gasteiger partial charge is 4.00 e. The first-order valence-corrected chi connectivity index (χ1v) is 9.66. The summed E-state index contributed by atoms with van der Waals surface area (Å²) in [6.07, 6.45) is 1.05. The Hall–Kier alpha value is -1.25. The summed E-state index contributed by atoms with van der Waals surface area (Å²) in [7, 11) is 0.750. The summed E-state index contributed by atoms with van der Waals surface area (Å²) in [6, 6.07) is 28.1. The van der Waals surface area contributed by atoms with Crippen LogP contribution in [-0.2, 0) is 32.6 Å². The van der Waals surface area contributed by atoms with Gasteiger partial charge in [0, 0.05) is 9.52 Å². The second-order valence-electron chi connectivity index (χ2n) is 4.94. The average molecular weight is 419 g/mol. The van der Waals surface area contributed by atoms with Gasteiger partial charge in [-0.25, -0.2) is 12.1 Å². The normalized spacial score (nSPS) is 9.08. The molecule has 0 aromatic heterocycles. The number of benzene rings is 2. The van der Waals surface area contributed by atoms with Crippen molar-refractivity contribution in [1.82, 2.24) is 0 Å². The molecule has 0 unspecified atom stereocenters. The molecule has 1 radical (unpaired) electrons. The van der Waals surface area contributed by atoms with Gasteiger partial charge in [-0.3, -0.25) is 0 Å². The van der Waals surface area contributed by atoms with E-state index in [9.17, 15) is 0 Å². The van der Waals surface area contributed by atoms with Crippen molar-refractivity contribution in [3.63, 3.8) is 0 Å². The Morgan fingerprint density at radius 2 is 1.46 bits per heavy atom. The van der Waals surface area contributed by atoms with E-state index in [-0.39, 0.29) is 35.6 Å². The summed E-state index contributed by atoms with van der Waals surface area (Å²) in [5.41, 5.74) is 5.51. The van der Waals surface area contributed by atoms with Gasteiger partial charge in [0.25, 0.3) is 0 Å².